The molecule has 2 N–H and O–H groups in total. The molecular formula is C15H26N2O3. The summed E-state index contributed by atoms with van der Waals surface area (Å²) in [6.45, 7) is 3.26. The SMILES string of the molecule is CCC1CCC(NC(=O)N2CCCC(C(=O)O)C2)CC1. The molecule has 1 saturated carbocycles. The van der Waals surface area contributed by atoms with Crippen molar-refractivity contribution in [2.45, 2.75) is 57.9 Å². The molecule has 2 aliphatic rings. The Kier molecular flexibility index (Phi) is 5.26. The number of aliphatic carboxylic acids is 1. The van der Waals surface area contributed by atoms with Gasteiger partial charge in [0.15, 0.2) is 0 Å². The summed E-state index contributed by atoms with van der Waals surface area (Å²) in [5, 5.41) is 12.1. The fourth-order valence-corrected chi connectivity index (χ4v) is 3.34. The lowest BCUT2D eigenvalue weighted by molar-refractivity contribution is -0.143. The van der Waals surface area contributed by atoms with Gasteiger partial charge in [0.2, 0.25) is 0 Å². The van der Waals surface area contributed by atoms with E-state index in [0.29, 0.717) is 19.5 Å². The van der Waals surface area contributed by atoms with Crippen molar-refractivity contribution in [2.24, 2.45) is 11.8 Å². The van der Waals surface area contributed by atoms with Crippen LogP contribution >= 0.6 is 0 Å². The third-order valence-corrected chi connectivity index (χ3v) is 4.81. The highest BCUT2D eigenvalue weighted by Gasteiger charge is 2.29. The maximum Gasteiger partial charge on any atom is 0.317 e. The average molecular weight is 282 g/mol. The monoisotopic (exact) mass is 282 g/mol. The van der Waals surface area contributed by atoms with E-state index in [4.69, 9.17) is 5.11 Å². The molecule has 1 aliphatic carbocycles. The van der Waals surface area contributed by atoms with E-state index in [0.717, 1.165) is 25.2 Å². The molecule has 0 aromatic carbocycles. The van der Waals surface area contributed by atoms with Gasteiger partial charge in [-0.15, -0.1) is 0 Å². The summed E-state index contributed by atoms with van der Waals surface area (Å²) in [6.07, 6.45) is 7.19. The lowest BCUT2D eigenvalue weighted by atomic mass is 9.84. The second kappa shape index (κ2) is 6.95. The van der Waals surface area contributed by atoms with Gasteiger partial charge in [0.1, 0.15) is 0 Å². The summed E-state index contributed by atoms with van der Waals surface area (Å²) in [5.74, 6) is -0.370. The molecule has 1 heterocycles. The first-order valence-electron chi connectivity index (χ1n) is 7.88. The molecule has 5 nitrogen and oxygen atoms in total. The van der Waals surface area contributed by atoms with E-state index in [1.165, 1.54) is 19.3 Å². The number of urea groups is 1. The number of nitrogens with one attached hydrogen (secondary N) is 1. The van der Waals surface area contributed by atoms with Gasteiger partial charge in [0.25, 0.3) is 0 Å². The van der Waals surface area contributed by atoms with Crippen molar-refractivity contribution < 1.29 is 14.7 Å². The van der Waals surface area contributed by atoms with Crippen molar-refractivity contribution in [1.82, 2.24) is 10.2 Å². The minimum atomic E-state index is -0.786. The average Bonchev–Trinajstić information content (AvgIpc) is 2.48. The maximum absolute atomic E-state index is 12.2. The topological polar surface area (TPSA) is 69.6 Å². The van der Waals surface area contributed by atoms with E-state index in [1.54, 1.807) is 4.90 Å². The lowest BCUT2D eigenvalue weighted by Gasteiger charge is -2.34. The number of amides is 2. The van der Waals surface area contributed by atoms with Crippen LogP contribution in [0.1, 0.15) is 51.9 Å². The Morgan fingerprint density at radius 1 is 1.20 bits per heavy atom. The van der Waals surface area contributed by atoms with Gasteiger partial charge in [-0.3, -0.25) is 4.79 Å². The van der Waals surface area contributed by atoms with Crippen LogP contribution in [0.3, 0.4) is 0 Å². The minimum absolute atomic E-state index is 0.0732. The Morgan fingerprint density at radius 2 is 1.90 bits per heavy atom. The first kappa shape index (κ1) is 15.1. The summed E-state index contributed by atoms with van der Waals surface area (Å²) >= 11 is 0. The third-order valence-electron chi connectivity index (χ3n) is 4.81. The molecule has 2 fully saturated rings. The Labute approximate surface area is 120 Å². The summed E-state index contributed by atoms with van der Waals surface area (Å²) in [7, 11) is 0. The highest BCUT2D eigenvalue weighted by molar-refractivity contribution is 5.76. The second-order valence-electron chi connectivity index (χ2n) is 6.20. The van der Waals surface area contributed by atoms with E-state index >= 15 is 0 Å². The number of hydrogen-bond acceptors (Lipinski definition) is 2. The fraction of sp³-hybridized carbons (Fsp3) is 0.867. The van der Waals surface area contributed by atoms with E-state index in [2.05, 4.69) is 12.2 Å². The second-order valence-corrected chi connectivity index (χ2v) is 6.20. The number of rotatable bonds is 3. The number of carboxylic acid groups (broad SMARTS) is 1. The standard InChI is InChI=1S/C15H26N2O3/c1-2-11-5-7-13(8-6-11)16-15(20)17-9-3-4-12(10-17)14(18)19/h11-13H,2-10H2,1H3,(H,16,20)(H,18,19). The van der Waals surface area contributed by atoms with Gasteiger partial charge in [0, 0.05) is 19.1 Å². The molecule has 2 rings (SSSR count). The first-order valence-corrected chi connectivity index (χ1v) is 7.88. The maximum atomic E-state index is 12.2. The molecule has 114 valence electrons. The summed E-state index contributed by atoms with van der Waals surface area (Å²) in [5.41, 5.74) is 0. The van der Waals surface area contributed by atoms with Crippen molar-refractivity contribution in [3.05, 3.63) is 0 Å². The van der Waals surface area contributed by atoms with Crippen LogP contribution < -0.4 is 5.32 Å². The van der Waals surface area contributed by atoms with Gasteiger partial charge in [-0.05, 0) is 44.4 Å². The predicted molar refractivity (Wildman–Crippen MR) is 76.5 cm³/mol. The van der Waals surface area contributed by atoms with Crippen LogP contribution in [-0.2, 0) is 4.79 Å². The predicted octanol–water partition coefficient (Wildman–Crippen LogP) is 2.46. The first-order chi connectivity index (χ1) is 9.60. The van der Waals surface area contributed by atoms with E-state index < -0.39 is 11.9 Å². The van der Waals surface area contributed by atoms with Gasteiger partial charge in [-0.2, -0.15) is 0 Å². The fourth-order valence-electron chi connectivity index (χ4n) is 3.34. The van der Waals surface area contributed by atoms with E-state index in [-0.39, 0.29) is 12.1 Å². The summed E-state index contributed by atoms with van der Waals surface area (Å²) < 4.78 is 0. The third kappa shape index (κ3) is 3.87. The molecule has 0 radical (unpaired) electrons. The van der Waals surface area contributed by atoms with Crippen molar-refractivity contribution in [3.8, 4) is 0 Å². The number of carbonyl (C=O) groups excluding carboxylic acids is 1. The molecule has 0 aromatic rings. The van der Waals surface area contributed by atoms with Gasteiger partial charge < -0.3 is 15.3 Å². The van der Waals surface area contributed by atoms with Crippen LogP contribution in [0.5, 0.6) is 0 Å². The molecule has 5 heteroatoms. The van der Waals surface area contributed by atoms with Crippen LogP contribution in [-0.4, -0.2) is 41.1 Å². The molecule has 20 heavy (non-hydrogen) atoms. The highest BCUT2D eigenvalue weighted by Crippen LogP contribution is 2.26. The zero-order valence-corrected chi connectivity index (χ0v) is 12.3. The molecule has 1 unspecified atom stereocenters. The van der Waals surface area contributed by atoms with Crippen LogP contribution in [0.15, 0.2) is 0 Å². The number of likely N-dealkylation sites (tertiary alicyclic amines) is 1. The van der Waals surface area contributed by atoms with Gasteiger partial charge in [-0.1, -0.05) is 13.3 Å². The van der Waals surface area contributed by atoms with Crippen LogP contribution in [0.25, 0.3) is 0 Å². The molecule has 0 bridgehead atoms. The molecule has 1 aliphatic heterocycles. The summed E-state index contributed by atoms with van der Waals surface area (Å²) in [6, 6.07) is 0.200. The highest BCUT2D eigenvalue weighted by atomic mass is 16.4. The number of nitrogens with zero attached hydrogens (tertiary/aromatic N) is 1. The zero-order valence-electron chi connectivity index (χ0n) is 12.3. The van der Waals surface area contributed by atoms with Gasteiger partial charge in [-0.25, -0.2) is 4.79 Å². The van der Waals surface area contributed by atoms with Gasteiger partial charge >= 0.3 is 12.0 Å². The molecule has 0 aromatic heterocycles. The van der Waals surface area contributed by atoms with Crippen LogP contribution in [0, 0.1) is 11.8 Å². The zero-order chi connectivity index (χ0) is 14.5. The van der Waals surface area contributed by atoms with Crippen LogP contribution in [0.2, 0.25) is 0 Å². The van der Waals surface area contributed by atoms with Crippen LogP contribution in [0.4, 0.5) is 4.79 Å². The number of carboxylic acids is 1. The van der Waals surface area contributed by atoms with Gasteiger partial charge in [0.05, 0.1) is 5.92 Å². The molecule has 2 amide bonds. The largest absolute Gasteiger partial charge is 0.481 e. The molecule has 0 spiro atoms. The van der Waals surface area contributed by atoms with E-state index in [9.17, 15) is 9.59 Å². The minimum Gasteiger partial charge on any atom is -0.481 e. The normalized spacial score (nSPS) is 30.9. The quantitative estimate of drug-likeness (QED) is 0.835. The Bertz CT molecular complexity index is 351. The molecule has 1 atom stereocenters. The van der Waals surface area contributed by atoms with E-state index in [1.807, 2.05) is 0 Å². The number of carbonyl (C=O) groups is 2. The molecular weight excluding hydrogens is 256 g/mol. The van der Waals surface area contributed by atoms with Crippen molar-refractivity contribution in [1.29, 1.82) is 0 Å². The smallest absolute Gasteiger partial charge is 0.317 e. The van der Waals surface area contributed by atoms with Crippen molar-refractivity contribution >= 4 is 12.0 Å². The summed E-state index contributed by atoms with van der Waals surface area (Å²) in [4.78, 5) is 24.9. The lowest BCUT2D eigenvalue weighted by Crippen LogP contribution is -2.50. The molecule has 1 saturated heterocycles. The Hall–Kier alpha value is -1.26. The Balaban J connectivity index is 1.78. The number of piperidine rings is 1. The van der Waals surface area contributed by atoms with Crippen molar-refractivity contribution in [2.75, 3.05) is 13.1 Å². The van der Waals surface area contributed by atoms with Crippen molar-refractivity contribution in [3.63, 3.8) is 0 Å². The number of hydrogen-bond donors (Lipinski definition) is 2. The Morgan fingerprint density at radius 3 is 2.50 bits per heavy atom.